The molecule has 2 fully saturated rings. The molecule has 0 spiro atoms. The van der Waals surface area contributed by atoms with E-state index in [9.17, 15) is 17.2 Å². The molecule has 53 heavy (non-hydrogen) atoms. The number of rotatable bonds is 16. The summed E-state index contributed by atoms with van der Waals surface area (Å²) >= 11 is 0. The minimum atomic E-state index is -5.64. The monoisotopic (exact) mass is 773 g/mol. The zero-order chi connectivity index (χ0) is 38.3. The quantitative estimate of drug-likeness (QED) is 0.0887. The van der Waals surface area contributed by atoms with Gasteiger partial charge in [0.1, 0.15) is 5.75 Å². The topological polar surface area (TPSA) is 82.1 Å². The molecule has 10 heteroatoms. The van der Waals surface area contributed by atoms with Gasteiger partial charge in [0, 0.05) is 5.56 Å². The average Bonchev–Trinajstić information content (AvgIpc) is 3.13. The average molecular weight is 774 g/mol. The van der Waals surface area contributed by atoms with Gasteiger partial charge in [-0.2, -0.15) is 17.2 Å². The van der Waals surface area contributed by atoms with Crippen LogP contribution in [-0.4, -0.2) is 37.5 Å². The van der Waals surface area contributed by atoms with E-state index in [-0.39, 0.29) is 11.2 Å². The molecule has 0 radical (unpaired) electrons. The third-order valence-electron chi connectivity index (χ3n) is 11.0. The van der Waals surface area contributed by atoms with Crippen LogP contribution in [0.5, 0.6) is 5.75 Å². The molecule has 2 aliphatic carbocycles. The van der Waals surface area contributed by atoms with Crippen molar-refractivity contribution in [2.24, 2.45) is 11.8 Å². The first-order chi connectivity index (χ1) is 25.1. The van der Waals surface area contributed by atoms with Crippen LogP contribution in [-0.2, 0) is 41.7 Å². The number of hydrogen-bond acceptors (Lipinski definition) is 5. The number of benzene rings is 3. The van der Waals surface area contributed by atoms with E-state index in [1.54, 1.807) is 12.1 Å². The second-order valence-electron chi connectivity index (χ2n) is 16.1. The molecule has 292 valence electrons. The Labute approximate surface area is 319 Å². The van der Waals surface area contributed by atoms with Gasteiger partial charge in [-0.3, -0.25) is 4.55 Å². The Morgan fingerprint density at radius 1 is 0.679 bits per heavy atom. The summed E-state index contributed by atoms with van der Waals surface area (Å²) in [7, 11) is -6.22. The summed E-state index contributed by atoms with van der Waals surface area (Å²) in [6.45, 7) is 10.8. The first kappa shape index (κ1) is 41.7. The molecule has 0 aliphatic heterocycles. The Bertz CT molecular complexity index is 1650. The molecule has 0 bridgehead atoms. The van der Waals surface area contributed by atoms with Crippen molar-refractivity contribution < 1.29 is 36.0 Å². The van der Waals surface area contributed by atoms with E-state index in [0.29, 0.717) is 25.0 Å². The standard InChI is InChI=1S/C43H58F2O6S2/c1-32(43(44,45)53(46,47)48)51-37-20-26-40(27-21-37)52(38-22-16-35(17-23-38)41(2,3)4)39-24-18-36(19-25-39)42(5,49-30-28-33-12-8-6-9-13-33)50-31-29-34-14-10-7-11-15-34/h16-27,32-34H,6-15,28-31H2,1-5H3/p+1. The van der Waals surface area contributed by atoms with Gasteiger partial charge in [-0.05, 0) is 110 Å². The molecule has 0 saturated heterocycles. The number of hydrogen-bond donors (Lipinski definition) is 1. The van der Waals surface area contributed by atoms with Crippen molar-refractivity contribution in [3.63, 3.8) is 0 Å². The predicted octanol–water partition coefficient (Wildman–Crippen LogP) is 11.5. The molecule has 0 heterocycles. The predicted molar refractivity (Wildman–Crippen MR) is 208 cm³/mol. The Balaban J connectivity index is 1.41. The number of alkyl halides is 2. The van der Waals surface area contributed by atoms with Crippen LogP contribution in [0, 0.1) is 11.8 Å². The summed E-state index contributed by atoms with van der Waals surface area (Å²) < 4.78 is 78.6. The van der Waals surface area contributed by atoms with E-state index in [2.05, 4.69) is 76.2 Å². The molecule has 0 amide bonds. The van der Waals surface area contributed by atoms with Crippen LogP contribution in [0.1, 0.15) is 123 Å². The maximum atomic E-state index is 14.2. The van der Waals surface area contributed by atoms with E-state index in [1.165, 1.54) is 69.8 Å². The lowest BCUT2D eigenvalue weighted by molar-refractivity contribution is -0.238. The maximum Gasteiger partial charge on any atom is 0.405 e. The minimum Gasteiger partial charge on any atom is -0.483 e. The minimum absolute atomic E-state index is 0.0169. The van der Waals surface area contributed by atoms with Crippen LogP contribution in [0.25, 0.3) is 0 Å². The summed E-state index contributed by atoms with van der Waals surface area (Å²) in [6, 6.07) is 23.8. The molecular formula is C43H59F2O6S2+. The van der Waals surface area contributed by atoms with Crippen molar-refractivity contribution >= 4 is 21.0 Å². The molecule has 0 aromatic heterocycles. The van der Waals surface area contributed by atoms with E-state index in [0.717, 1.165) is 40.0 Å². The molecule has 1 N–H and O–H groups in total. The third kappa shape index (κ3) is 11.1. The summed E-state index contributed by atoms with van der Waals surface area (Å²) in [5.41, 5.74) is 2.17. The lowest BCUT2D eigenvalue weighted by atomic mass is 9.87. The Kier molecular flexibility index (Phi) is 14.1. The number of halogens is 2. The molecule has 6 nitrogen and oxygen atoms in total. The molecule has 5 rings (SSSR count). The van der Waals surface area contributed by atoms with Gasteiger partial charge in [-0.25, -0.2) is 0 Å². The van der Waals surface area contributed by atoms with Crippen molar-refractivity contribution in [3.05, 3.63) is 83.9 Å². The second kappa shape index (κ2) is 18.0. The summed E-state index contributed by atoms with van der Waals surface area (Å²) in [6.07, 6.45) is 13.0. The summed E-state index contributed by atoms with van der Waals surface area (Å²) in [5, 5.41) is -4.46. The Hall–Kier alpha value is -2.50. The zero-order valence-corrected chi connectivity index (χ0v) is 33.8. The fourth-order valence-electron chi connectivity index (χ4n) is 7.53. The van der Waals surface area contributed by atoms with Gasteiger partial charge in [0.15, 0.2) is 26.6 Å². The van der Waals surface area contributed by atoms with Crippen LogP contribution in [0.2, 0.25) is 0 Å². The van der Waals surface area contributed by atoms with Crippen LogP contribution < -0.4 is 4.74 Å². The first-order valence-corrected chi connectivity index (χ1v) is 22.1. The highest BCUT2D eigenvalue weighted by Gasteiger charge is 2.51. The maximum absolute atomic E-state index is 14.2. The van der Waals surface area contributed by atoms with E-state index < -0.39 is 38.2 Å². The van der Waals surface area contributed by atoms with Crippen LogP contribution in [0.3, 0.4) is 0 Å². The van der Waals surface area contributed by atoms with Gasteiger partial charge in [0.05, 0.1) is 24.1 Å². The zero-order valence-electron chi connectivity index (χ0n) is 32.1. The summed E-state index contributed by atoms with van der Waals surface area (Å²) in [5.74, 6) is 0.610. The largest absolute Gasteiger partial charge is 0.483 e. The highest BCUT2D eigenvalue weighted by molar-refractivity contribution is 7.97. The van der Waals surface area contributed by atoms with Crippen LogP contribution in [0.4, 0.5) is 8.78 Å². The van der Waals surface area contributed by atoms with Gasteiger partial charge in [0.2, 0.25) is 0 Å². The van der Waals surface area contributed by atoms with Crippen LogP contribution >= 0.6 is 0 Å². The van der Waals surface area contributed by atoms with Gasteiger partial charge in [-0.15, -0.1) is 0 Å². The Morgan fingerprint density at radius 3 is 1.47 bits per heavy atom. The van der Waals surface area contributed by atoms with Crippen molar-refractivity contribution in [1.29, 1.82) is 0 Å². The van der Waals surface area contributed by atoms with Gasteiger partial charge in [0.25, 0.3) is 0 Å². The molecule has 2 atom stereocenters. The molecule has 2 aliphatic rings. The molecule has 2 unspecified atom stereocenters. The Morgan fingerprint density at radius 2 is 1.08 bits per heavy atom. The SMILES string of the molecule is CC(Oc1ccc([S+](c2ccc(C(C)(C)C)cc2)c2ccc(C(C)(OCCC3CCCCC3)OCCC3CCCCC3)cc2)cc1)C(F)(F)S(=O)(=O)O. The number of ether oxygens (including phenoxy) is 3. The lowest BCUT2D eigenvalue weighted by Crippen LogP contribution is -2.42. The fourth-order valence-corrected chi connectivity index (χ4v) is 10.0. The lowest BCUT2D eigenvalue weighted by Gasteiger charge is -2.33. The highest BCUT2D eigenvalue weighted by Crippen LogP contribution is 2.38. The van der Waals surface area contributed by atoms with E-state index >= 15 is 0 Å². The highest BCUT2D eigenvalue weighted by atomic mass is 32.2. The van der Waals surface area contributed by atoms with Crippen molar-refractivity contribution in [3.8, 4) is 5.75 Å². The fraction of sp³-hybridized carbons (Fsp3) is 0.581. The van der Waals surface area contributed by atoms with E-state index in [4.69, 9.17) is 18.8 Å². The van der Waals surface area contributed by atoms with Crippen LogP contribution in [0.15, 0.2) is 87.5 Å². The third-order valence-corrected chi connectivity index (χ3v) is 14.3. The van der Waals surface area contributed by atoms with Gasteiger partial charge >= 0.3 is 15.4 Å². The second-order valence-corrected chi connectivity index (χ2v) is 19.6. The molecule has 3 aromatic rings. The van der Waals surface area contributed by atoms with Crippen molar-refractivity contribution in [2.75, 3.05) is 13.2 Å². The smallest absolute Gasteiger partial charge is 0.405 e. The summed E-state index contributed by atoms with van der Waals surface area (Å²) in [4.78, 5) is 3.07. The molecule has 2 saturated carbocycles. The van der Waals surface area contributed by atoms with E-state index in [1.807, 2.05) is 12.1 Å². The van der Waals surface area contributed by atoms with Crippen molar-refractivity contribution in [1.82, 2.24) is 0 Å². The van der Waals surface area contributed by atoms with Crippen molar-refractivity contribution in [2.45, 2.75) is 149 Å². The van der Waals surface area contributed by atoms with Gasteiger partial charge < -0.3 is 14.2 Å². The molecule has 3 aromatic carbocycles. The first-order valence-electron chi connectivity index (χ1n) is 19.4. The molecular weight excluding hydrogens is 715 g/mol. The normalized spacial score (nSPS) is 18.1. The van der Waals surface area contributed by atoms with Gasteiger partial charge in [-0.1, -0.05) is 97.1 Å².